The number of rotatable bonds is 4. The van der Waals surface area contributed by atoms with Gasteiger partial charge in [0.2, 0.25) is 7.49 Å². The maximum atomic E-state index is 10.7. The second kappa shape index (κ2) is 13.1. The van der Waals surface area contributed by atoms with Crippen LogP contribution in [0.5, 0.6) is 0 Å². The van der Waals surface area contributed by atoms with Crippen molar-refractivity contribution in [2.75, 3.05) is 0 Å². The highest BCUT2D eigenvalue weighted by atomic mass is 32.2. The lowest BCUT2D eigenvalue weighted by Crippen LogP contribution is -2.31. The third-order valence-corrected chi connectivity index (χ3v) is 9.59. The van der Waals surface area contributed by atoms with E-state index >= 15 is 0 Å². The molecule has 0 aromatic heterocycles. The second-order valence-electron chi connectivity index (χ2n) is 6.54. The van der Waals surface area contributed by atoms with Crippen LogP contribution >= 0.6 is 17.0 Å². The molecule has 3 aromatic carbocycles. The Morgan fingerprint density at radius 3 is 1.00 bits per heavy atom. The number of alkyl halides is 6. The molecule has 3 rings (SSSR count). The third-order valence-electron chi connectivity index (χ3n) is 4.09. The number of halogens is 6. The van der Waals surface area contributed by atoms with Gasteiger partial charge in [0.1, 0.15) is 15.9 Å². The van der Waals surface area contributed by atoms with Crippen LogP contribution in [-0.4, -0.2) is 37.0 Å². The molecule has 3 aromatic rings. The zero-order valence-electron chi connectivity index (χ0n) is 18.2. The molecule has 0 fully saturated rings. The molecule has 0 aliphatic rings. The van der Waals surface area contributed by atoms with Crippen LogP contribution in [0.4, 0.5) is 26.3 Å². The lowest BCUT2D eigenvalue weighted by molar-refractivity contribution is -0.0519. The van der Waals surface area contributed by atoms with Crippen LogP contribution in [-0.2, 0) is 24.5 Å². The molecule has 0 radical (unpaired) electrons. The summed E-state index contributed by atoms with van der Waals surface area (Å²) in [7, 11) is -11.5. The van der Waals surface area contributed by atoms with Crippen LogP contribution < -0.4 is 15.9 Å². The SMILES string of the molecule is O=S(=O)(O)C(F)(F)F.O=S(=O)([O-])C(F)(F)F.PO[P+](c1ccccc1)(c1ccccc1)c1ccccc1. The Hall–Kier alpha value is -2.12. The van der Waals surface area contributed by atoms with Gasteiger partial charge in [-0.15, -0.1) is 0 Å². The topological polar surface area (TPSA) is 121 Å². The zero-order valence-corrected chi connectivity index (χ0v) is 21.8. The van der Waals surface area contributed by atoms with Gasteiger partial charge in [-0.2, -0.15) is 34.8 Å². The summed E-state index contributed by atoms with van der Waals surface area (Å²) in [6.07, 6.45) is 0. The first-order valence-corrected chi connectivity index (χ1v) is 14.4. The molecular weight excluding hydrogens is 592 g/mol. The first-order valence-electron chi connectivity index (χ1n) is 9.38. The molecule has 17 heteroatoms. The highest BCUT2D eigenvalue weighted by molar-refractivity contribution is 7.93. The summed E-state index contributed by atoms with van der Waals surface area (Å²) in [6.45, 7) is 0. The average molecular weight is 610 g/mol. The quantitative estimate of drug-likeness (QED) is 0.204. The monoisotopic (exact) mass is 610 g/mol. The van der Waals surface area contributed by atoms with Crippen LogP contribution in [0.3, 0.4) is 0 Å². The minimum Gasteiger partial charge on any atom is -0.741 e. The molecule has 204 valence electrons. The summed E-state index contributed by atoms with van der Waals surface area (Å²) in [4.78, 5) is 0. The Kier molecular flexibility index (Phi) is 11.7. The van der Waals surface area contributed by atoms with Gasteiger partial charge in [-0.05, 0) is 36.4 Å². The molecule has 0 aliphatic heterocycles. The molecule has 0 aliphatic carbocycles. The van der Waals surface area contributed by atoms with Crippen molar-refractivity contribution in [1.29, 1.82) is 0 Å². The van der Waals surface area contributed by atoms with Gasteiger partial charge in [-0.25, -0.2) is 12.7 Å². The zero-order chi connectivity index (χ0) is 28.5. The van der Waals surface area contributed by atoms with Crippen LogP contribution in [0.25, 0.3) is 0 Å². The maximum Gasteiger partial charge on any atom is 0.522 e. The summed E-state index contributed by atoms with van der Waals surface area (Å²) < 4.78 is 123. The Labute approximate surface area is 211 Å². The van der Waals surface area contributed by atoms with E-state index < -0.39 is 38.7 Å². The summed E-state index contributed by atoms with van der Waals surface area (Å²) in [5, 5.41) is 3.66. The molecule has 0 saturated carbocycles. The van der Waals surface area contributed by atoms with Crippen molar-refractivity contribution in [1.82, 2.24) is 0 Å². The van der Waals surface area contributed by atoms with Crippen molar-refractivity contribution >= 4 is 53.1 Å². The molecule has 0 saturated heterocycles. The summed E-state index contributed by atoms with van der Waals surface area (Å²) in [6, 6.07) is 31.4. The van der Waals surface area contributed by atoms with Gasteiger partial charge in [-0.1, -0.05) is 54.6 Å². The van der Waals surface area contributed by atoms with Crippen LogP contribution in [0.1, 0.15) is 0 Å². The lowest BCUT2D eigenvalue weighted by Gasteiger charge is -2.23. The van der Waals surface area contributed by atoms with E-state index in [4.69, 9.17) is 30.3 Å². The fraction of sp³-hybridized carbons (Fsp3) is 0.100. The van der Waals surface area contributed by atoms with E-state index in [1.54, 1.807) is 0 Å². The summed E-state index contributed by atoms with van der Waals surface area (Å²) in [5.74, 6) is 0. The third kappa shape index (κ3) is 9.29. The van der Waals surface area contributed by atoms with Crippen molar-refractivity contribution in [3.63, 3.8) is 0 Å². The molecular formula is C20H18F6O7P2S2. The van der Waals surface area contributed by atoms with Gasteiger partial charge >= 0.3 is 21.1 Å². The van der Waals surface area contributed by atoms with Crippen molar-refractivity contribution in [3.8, 4) is 0 Å². The Morgan fingerprint density at radius 1 is 0.649 bits per heavy atom. The van der Waals surface area contributed by atoms with Gasteiger partial charge in [-0.3, -0.25) is 4.55 Å². The van der Waals surface area contributed by atoms with E-state index in [2.05, 4.69) is 82.3 Å². The normalized spacial score (nSPS) is 12.5. The predicted molar refractivity (Wildman–Crippen MR) is 129 cm³/mol. The Balaban J connectivity index is 0.000000355. The van der Waals surface area contributed by atoms with Crippen LogP contribution in [0.15, 0.2) is 91.0 Å². The maximum absolute atomic E-state index is 10.7. The number of hydrogen-bond acceptors (Lipinski definition) is 6. The molecule has 0 spiro atoms. The smallest absolute Gasteiger partial charge is 0.522 e. The number of benzene rings is 3. The van der Waals surface area contributed by atoms with E-state index in [0.29, 0.717) is 0 Å². The van der Waals surface area contributed by atoms with E-state index in [-0.39, 0.29) is 0 Å². The largest absolute Gasteiger partial charge is 0.741 e. The first kappa shape index (κ1) is 32.9. The predicted octanol–water partition coefficient (Wildman–Crippen LogP) is 4.15. The van der Waals surface area contributed by atoms with Crippen molar-refractivity contribution in [3.05, 3.63) is 91.0 Å². The van der Waals surface area contributed by atoms with Gasteiger partial charge < -0.3 is 4.55 Å². The number of hydrogen-bond donors (Lipinski definition) is 1. The molecule has 37 heavy (non-hydrogen) atoms. The minimum atomic E-state index is -6.09. The van der Waals surface area contributed by atoms with Gasteiger partial charge in [0.15, 0.2) is 10.1 Å². The lowest BCUT2D eigenvalue weighted by atomic mass is 10.4. The standard InChI is InChI=1S/C18H17OP2.2CHF3O3S/c20-19-21(16-10-4-1-5-11-16,17-12-6-2-7-13-17)18-14-8-3-9-15-18;2*2-1(3,4)8(5,6)7/h1-15H,20H2;2*(H,5,6,7)/q+1;;/p-1. The van der Waals surface area contributed by atoms with E-state index in [9.17, 15) is 26.3 Å². The molecule has 0 bridgehead atoms. The van der Waals surface area contributed by atoms with Crippen molar-refractivity contribution in [2.45, 2.75) is 11.0 Å². The molecule has 0 heterocycles. The Bertz CT molecular complexity index is 1180. The van der Waals surface area contributed by atoms with Gasteiger partial charge in [0, 0.05) is 0 Å². The molecule has 1 unspecified atom stereocenters. The van der Waals surface area contributed by atoms with Crippen molar-refractivity contribution < 1.29 is 56.6 Å². The summed E-state index contributed by atoms with van der Waals surface area (Å²) >= 11 is 0. The average Bonchev–Trinajstić information content (AvgIpc) is 2.80. The molecule has 7 nitrogen and oxygen atoms in total. The van der Waals surface area contributed by atoms with E-state index in [1.807, 2.05) is 18.2 Å². The highest BCUT2D eigenvalue weighted by Crippen LogP contribution is 2.58. The second-order valence-corrected chi connectivity index (χ2v) is 12.9. The molecule has 0 amide bonds. The fourth-order valence-electron chi connectivity index (χ4n) is 2.54. The molecule has 1 N–H and O–H groups in total. The Morgan fingerprint density at radius 2 is 0.865 bits per heavy atom. The highest BCUT2D eigenvalue weighted by Gasteiger charge is 2.47. The van der Waals surface area contributed by atoms with Crippen LogP contribution in [0, 0.1) is 0 Å². The van der Waals surface area contributed by atoms with Crippen LogP contribution in [0.2, 0.25) is 0 Å². The molecule has 1 atom stereocenters. The van der Waals surface area contributed by atoms with E-state index in [0.717, 1.165) is 0 Å². The first-order chi connectivity index (χ1) is 16.9. The fourth-order valence-corrected chi connectivity index (χ4v) is 6.67. The van der Waals surface area contributed by atoms with E-state index in [1.165, 1.54) is 15.9 Å². The minimum absolute atomic E-state index is 1.22. The van der Waals surface area contributed by atoms with Crippen molar-refractivity contribution in [2.24, 2.45) is 0 Å². The van der Waals surface area contributed by atoms with Gasteiger partial charge in [0.25, 0.3) is 0 Å². The van der Waals surface area contributed by atoms with Gasteiger partial charge in [0.05, 0.1) is 9.47 Å². The summed E-state index contributed by atoms with van der Waals surface area (Å²) in [5.41, 5.74) is -11.2.